The van der Waals surface area contributed by atoms with Gasteiger partial charge in [-0.2, -0.15) is 5.26 Å². The average Bonchev–Trinajstić information content (AvgIpc) is 2.16. The van der Waals surface area contributed by atoms with Crippen LogP contribution in [-0.2, 0) is 0 Å². The first-order chi connectivity index (χ1) is 6.15. The molecule has 0 saturated carbocycles. The highest BCUT2D eigenvalue weighted by Gasteiger charge is 2.04. The molecule has 68 valence electrons. The van der Waals surface area contributed by atoms with Crippen molar-refractivity contribution in [2.75, 3.05) is 11.9 Å². The fraction of sp³-hybridized carbons (Fsp3) is 0.364. The maximum atomic E-state index is 8.71. The fourth-order valence-corrected chi connectivity index (χ4v) is 1.09. The third kappa shape index (κ3) is 2.22. The van der Waals surface area contributed by atoms with Crippen molar-refractivity contribution in [3.05, 3.63) is 29.8 Å². The molecule has 0 amide bonds. The van der Waals surface area contributed by atoms with Gasteiger partial charge in [0.1, 0.15) is 0 Å². The molecule has 0 aromatic heterocycles. The molecule has 0 bridgehead atoms. The first kappa shape index (κ1) is 9.60. The highest BCUT2D eigenvalue weighted by atomic mass is 15.1. The van der Waals surface area contributed by atoms with Crippen molar-refractivity contribution in [3.63, 3.8) is 0 Å². The average molecular weight is 174 g/mol. The molecule has 0 fully saturated rings. The van der Waals surface area contributed by atoms with E-state index in [2.05, 4.69) is 24.8 Å². The molecule has 13 heavy (non-hydrogen) atoms. The maximum Gasteiger partial charge on any atom is 0.0992 e. The molecule has 0 saturated heterocycles. The van der Waals surface area contributed by atoms with Crippen molar-refractivity contribution in [1.29, 1.82) is 5.26 Å². The summed E-state index contributed by atoms with van der Waals surface area (Å²) < 4.78 is 0. The second kappa shape index (κ2) is 3.95. The molecular weight excluding hydrogens is 160 g/mol. The van der Waals surface area contributed by atoms with Crippen LogP contribution < -0.4 is 4.90 Å². The van der Waals surface area contributed by atoms with Gasteiger partial charge in [0.15, 0.2) is 0 Å². The van der Waals surface area contributed by atoms with Crippen LogP contribution >= 0.6 is 0 Å². The van der Waals surface area contributed by atoms with Gasteiger partial charge < -0.3 is 4.90 Å². The third-order valence-corrected chi connectivity index (χ3v) is 2.16. The summed E-state index contributed by atoms with van der Waals surface area (Å²) in [5.74, 6) is 0. The Morgan fingerprint density at radius 3 is 2.62 bits per heavy atom. The Balaban J connectivity index is 2.96. The normalized spacial score (nSPS) is 9.77. The summed E-state index contributed by atoms with van der Waals surface area (Å²) in [5, 5.41) is 8.71. The summed E-state index contributed by atoms with van der Waals surface area (Å²) in [4.78, 5) is 2.14. The van der Waals surface area contributed by atoms with Gasteiger partial charge in [-0.3, -0.25) is 0 Å². The van der Waals surface area contributed by atoms with E-state index in [0.717, 1.165) is 5.69 Å². The van der Waals surface area contributed by atoms with Gasteiger partial charge in [-0.25, -0.2) is 0 Å². The minimum Gasteiger partial charge on any atom is -0.372 e. The number of benzene rings is 1. The zero-order chi connectivity index (χ0) is 9.84. The first-order valence-electron chi connectivity index (χ1n) is 4.38. The third-order valence-electron chi connectivity index (χ3n) is 2.16. The van der Waals surface area contributed by atoms with Gasteiger partial charge in [0.2, 0.25) is 0 Å². The second-order valence-electron chi connectivity index (χ2n) is 3.37. The highest BCUT2D eigenvalue weighted by molar-refractivity contribution is 5.51. The molecule has 1 rings (SSSR count). The quantitative estimate of drug-likeness (QED) is 0.688. The SMILES string of the molecule is CC(C)N(C)c1cccc(C#N)c1. The maximum absolute atomic E-state index is 8.71. The van der Waals surface area contributed by atoms with Crippen LogP contribution in [0.4, 0.5) is 5.69 Å². The van der Waals surface area contributed by atoms with Gasteiger partial charge in [0.25, 0.3) is 0 Å². The van der Waals surface area contributed by atoms with E-state index in [-0.39, 0.29) is 0 Å². The molecule has 1 aromatic rings. The Morgan fingerprint density at radius 2 is 2.08 bits per heavy atom. The van der Waals surface area contributed by atoms with E-state index < -0.39 is 0 Å². The van der Waals surface area contributed by atoms with Crippen molar-refractivity contribution in [2.45, 2.75) is 19.9 Å². The molecule has 2 nitrogen and oxygen atoms in total. The van der Waals surface area contributed by atoms with Crippen molar-refractivity contribution in [1.82, 2.24) is 0 Å². The number of rotatable bonds is 2. The summed E-state index contributed by atoms with van der Waals surface area (Å²) >= 11 is 0. The van der Waals surface area contributed by atoms with Crippen LogP contribution in [0, 0.1) is 11.3 Å². The summed E-state index contributed by atoms with van der Waals surface area (Å²) in [5.41, 5.74) is 1.80. The molecule has 0 radical (unpaired) electrons. The predicted molar refractivity (Wildman–Crippen MR) is 54.7 cm³/mol. The number of nitrogens with zero attached hydrogens (tertiary/aromatic N) is 2. The topological polar surface area (TPSA) is 27.0 Å². The molecule has 0 atom stereocenters. The number of nitriles is 1. The Kier molecular flexibility index (Phi) is 2.92. The van der Waals surface area contributed by atoms with Crippen LogP contribution in [0.3, 0.4) is 0 Å². The zero-order valence-corrected chi connectivity index (χ0v) is 8.28. The van der Waals surface area contributed by atoms with Crippen molar-refractivity contribution in [3.8, 4) is 6.07 Å². The van der Waals surface area contributed by atoms with E-state index in [1.807, 2.05) is 31.3 Å². The van der Waals surface area contributed by atoms with E-state index in [0.29, 0.717) is 11.6 Å². The van der Waals surface area contributed by atoms with Crippen LogP contribution in [0.15, 0.2) is 24.3 Å². The molecule has 0 aliphatic carbocycles. The lowest BCUT2D eigenvalue weighted by Gasteiger charge is -2.23. The Labute approximate surface area is 79.4 Å². The van der Waals surface area contributed by atoms with E-state index in [9.17, 15) is 0 Å². The summed E-state index contributed by atoms with van der Waals surface area (Å²) in [7, 11) is 2.03. The van der Waals surface area contributed by atoms with Crippen LogP contribution in [0.5, 0.6) is 0 Å². The molecule has 0 aliphatic heterocycles. The van der Waals surface area contributed by atoms with Gasteiger partial charge in [0.05, 0.1) is 11.6 Å². The molecular formula is C11H14N2. The van der Waals surface area contributed by atoms with E-state index >= 15 is 0 Å². The van der Waals surface area contributed by atoms with Crippen LogP contribution in [-0.4, -0.2) is 13.1 Å². The van der Waals surface area contributed by atoms with Crippen molar-refractivity contribution < 1.29 is 0 Å². The van der Waals surface area contributed by atoms with E-state index in [4.69, 9.17) is 5.26 Å². The summed E-state index contributed by atoms with van der Waals surface area (Å²) in [6.45, 7) is 4.25. The lowest BCUT2D eigenvalue weighted by atomic mass is 10.2. The lowest BCUT2D eigenvalue weighted by Crippen LogP contribution is -2.25. The van der Waals surface area contributed by atoms with Gasteiger partial charge in [-0.05, 0) is 32.0 Å². The number of anilines is 1. The summed E-state index contributed by atoms with van der Waals surface area (Å²) in [6, 6.07) is 10.2. The molecule has 0 spiro atoms. The molecule has 0 N–H and O–H groups in total. The standard InChI is InChI=1S/C11H14N2/c1-9(2)13(3)11-6-4-5-10(7-11)8-12/h4-7,9H,1-3H3. The molecule has 0 heterocycles. The second-order valence-corrected chi connectivity index (χ2v) is 3.37. The van der Waals surface area contributed by atoms with Crippen molar-refractivity contribution in [2.24, 2.45) is 0 Å². The van der Waals surface area contributed by atoms with Crippen LogP contribution in [0.1, 0.15) is 19.4 Å². The number of hydrogen-bond acceptors (Lipinski definition) is 2. The van der Waals surface area contributed by atoms with E-state index in [1.165, 1.54) is 0 Å². The van der Waals surface area contributed by atoms with Gasteiger partial charge in [0, 0.05) is 18.8 Å². The van der Waals surface area contributed by atoms with Gasteiger partial charge in [-0.1, -0.05) is 6.07 Å². The number of hydrogen-bond donors (Lipinski definition) is 0. The Bertz CT molecular complexity index is 323. The smallest absolute Gasteiger partial charge is 0.0992 e. The largest absolute Gasteiger partial charge is 0.372 e. The van der Waals surface area contributed by atoms with Gasteiger partial charge >= 0.3 is 0 Å². The Morgan fingerprint density at radius 1 is 1.38 bits per heavy atom. The summed E-state index contributed by atoms with van der Waals surface area (Å²) in [6.07, 6.45) is 0. The molecule has 0 aliphatic rings. The monoisotopic (exact) mass is 174 g/mol. The van der Waals surface area contributed by atoms with Crippen molar-refractivity contribution >= 4 is 5.69 Å². The lowest BCUT2D eigenvalue weighted by molar-refractivity contribution is 0.754. The first-order valence-corrected chi connectivity index (χ1v) is 4.38. The minimum absolute atomic E-state index is 0.453. The fourth-order valence-electron chi connectivity index (χ4n) is 1.09. The highest BCUT2D eigenvalue weighted by Crippen LogP contribution is 2.16. The van der Waals surface area contributed by atoms with Gasteiger partial charge in [-0.15, -0.1) is 0 Å². The predicted octanol–water partition coefficient (Wildman–Crippen LogP) is 2.40. The molecule has 1 aromatic carbocycles. The van der Waals surface area contributed by atoms with Crippen LogP contribution in [0.2, 0.25) is 0 Å². The molecule has 0 unspecified atom stereocenters. The minimum atomic E-state index is 0.453. The molecule has 2 heteroatoms. The zero-order valence-electron chi connectivity index (χ0n) is 8.28. The van der Waals surface area contributed by atoms with Crippen LogP contribution in [0.25, 0.3) is 0 Å². The van der Waals surface area contributed by atoms with E-state index in [1.54, 1.807) is 0 Å². The Hall–Kier alpha value is -1.49.